The second-order valence-electron chi connectivity index (χ2n) is 2.01. The third kappa shape index (κ3) is 0.816. The first-order valence-corrected chi connectivity index (χ1v) is 2.79. The van der Waals surface area contributed by atoms with Crippen LogP contribution in [-0.4, -0.2) is 29.9 Å². The summed E-state index contributed by atoms with van der Waals surface area (Å²) >= 11 is 0. The highest BCUT2D eigenvalue weighted by Crippen LogP contribution is 2.14. The Morgan fingerprint density at radius 2 is 2.62 bits per heavy atom. The van der Waals surface area contributed by atoms with Crippen molar-refractivity contribution in [2.75, 3.05) is 13.1 Å². The molecule has 0 aromatic carbocycles. The fourth-order valence-corrected chi connectivity index (χ4v) is 0.794. The van der Waals surface area contributed by atoms with Crippen LogP contribution in [0.25, 0.3) is 0 Å². The maximum atomic E-state index is 10.3. The average Bonchev–Trinajstić information content (AvgIpc) is 2.42. The number of nitrogens with two attached hydrogens (primary N) is 1. The maximum Gasteiger partial charge on any atom is 0.236 e. The molecule has 0 bridgehead atoms. The molecule has 1 rings (SSSR count). The number of carbonyl (C=O) groups is 1. The minimum atomic E-state index is -0.188. The van der Waals surface area contributed by atoms with Crippen molar-refractivity contribution < 1.29 is 4.79 Å². The van der Waals surface area contributed by atoms with Crippen LogP contribution in [0.15, 0.2) is 0 Å². The van der Waals surface area contributed by atoms with Gasteiger partial charge >= 0.3 is 0 Å². The first-order valence-electron chi connectivity index (χ1n) is 2.79. The van der Waals surface area contributed by atoms with Crippen LogP contribution in [-0.2, 0) is 4.79 Å². The van der Waals surface area contributed by atoms with Crippen molar-refractivity contribution >= 4 is 5.91 Å². The van der Waals surface area contributed by atoms with E-state index in [0.717, 1.165) is 13.1 Å². The molecule has 0 aromatic rings. The Balaban J connectivity index is 2.26. The minimum Gasteiger partial charge on any atom is -0.368 e. The zero-order valence-corrected chi connectivity index (χ0v) is 4.92. The molecule has 8 heavy (non-hydrogen) atoms. The Labute approximate surface area is 48.5 Å². The molecule has 0 aromatic heterocycles. The SMILES string of the molecule is CCN1CC1C(N)=O. The van der Waals surface area contributed by atoms with Crippen molar-refractivity contribution in [2.45, 2.75) is 13.0 Å². The van der Waals surface area contributed by atoms with Gasteiger partial charge in [0.2, 0.25) is 5.91 Å². The number of nitrogens with zero attached hydrogens (tertiary/aromatic N) is 1. The summed E-state index contributed by atoms with van der Waals surface area (Å²) in [6.45, 7) is 3.82. The molecule has 0 radical (unpaired) electrons. The van der Waals surface area contributed by atoms with Gasteiger partial charge in [-0.3, -0.25) is 9.69 Å². The van der Waals surface area contributed by atoms with Gasteiger partial charge in [0, 0.05) is 6.54 Å². The van der Waals surface area contributed by atoms with Crippen LogP contribution in [0.1, 0.15) is 6.92 Å². The van der Waals surface area contributed by atoms with Gasteiger partial charge in [0.1, 0.15) is 6.04 Å². The van der Waals surface area contributed by atoms with Gasteiger partial charge in [0.15, 0.2) is 0 Å². The van der Waals surface area contributed by atoms with Gasteiger partial charge in [-0.15, -0.1) is 0 Å². The molecule has 1 amide bonds. The molecule has 1 saturated heterocycles. The summed E-state index contributed by atoms with van der Waals surface area (Å²) in [5, 5.41) is 0. The van der Waals surface area contributed by atoms with Crippen LogP contribution < -0.4 is 5.73 Å². The Kier molecular flexibility index (Phi) is 1.21. The highest BCUT2D eigenvalue weighted by Gasteiger charge is 2.36. The summed E-state index contributed by atoms with van der Waals surface area (Å²) < 4.78 is 0. The number of hydrogen-bond donors (Lipinski definition) is 1. The lowest BCUT2D eigenvalue weighted by Gasteiger charge is -1.90. The fraction of sp³-hybridized carbons (Fsp3) is 0.800. The highest BCUT2D eigenvalue weighted by atomic mass is 16.1. The zero-order chi connectivity index (χ0) is 6.15. The molecule has 1 aliphatic heterocycles. The highest BCUT2D eigenvalue weighted by molar-refractivity contribution is 5.82. The van der Waals surface area contributed by atoms with Gasteiger partial charge < -0.3 is 5.73 Å². The smallest absolute Gasteiger partial charge is 0.236 e. The van der Waals surface area contributed by atoms with E-state index in [1.807, 2.05) is 11.8 Å². The predicted molar refractivity (Wildman–Crippen MR) is 30.2 cm³/mol. The average molecular weight is 114 g/mol. The minimum absolute atomic E-state index is 0.0556. The molecule has 0 aliphatic carbocycles. The molecule has 2 atom stereocenters. The number of likely N-dealkylation sites (N-methyl/N-ethyl adjacent to an activating group) is 1. The monoisotopic (exact) mass is 114 g/mol. The quantitative estimate of drug-likeness (QED) is 0.476. The van der Waals surface area contributed by atoms with Gasteiger partial charge in [0.05, 0.1) is 0 Å². The molecule has 1 heterocycles. The molecule has 0 spiro atoms. The standard InChI is InChI=1S/C5H10N2O/c1-2-7-3-4(7)5(6)8/h4H,2-3H2,1H3,(H2,6,8). The van der Waals surface area contributed by atoms with Crippen molar-refractivity contribution in [1.82, 2.24) is 4.90 Å². The number of rotatable bonds is 2. The first kappa shape index (κ1) is 5.56. The Hall–Kier alpha value is -0.570. The lowest BCUT2D eigenvalue weighted by atomic mass is 10.5. The van der Waals surface area contributed by atoms with Crippen molar-refractivity contribution in [3.8, 4) is 0 Å². The van der Waals surface area contributed by atoms with E-state index in [0.29, 0.717) is 0 Å². The molecule has 3 nitrogen and oxygen atoms in total. The van der Waals surface area contributed by atoms with Crippen molar-refractivity contribution in [1.29, 1.82) is 0 Å². The van der Waals surface area contributed by atoms with Gasteiger partial charge in [-0.25, -0.2) is 0 Å². The fourth-order valence-electron chi connectivity index (χ4n) is 0.794. The summed E-state index contributed by atoms with van der Waals surface area (Å²) in [5.74, 6) is -0.188. The molecular formula is C5H10N2O. The lowest BCUT2D eigenvalue weighted by molar-refractivity contribution is -0.118. The third-order valence-electron chi connectivity index (χ3n) is 1.45. The molecule has 1 aliphatic rings. The normalized spacial score (nSPS) is 34.6. The Morgan fingerprint density at radius 1 is 2.00 bits per heavy atom. The van der Waals surface area contributed by atoms with Gasteiger partial charge in [-0.2, -0.15) is 0 Å². The van der Waals surface area contributed by atoms with Gasteiger partial charge in [0.25, 0.3) is 0 Å². The van der Waals surface area contributed by atoms with Crippen LogP contribution in [0.5, 0.6) is 0 Å². The Morgan fingerprint density at radius 3 is 2.75 bits per heavy atom. The molecule has 2 unspecified atom stereocenters. The van der Waals surface area contributed by atoms with E-state index in [-0.39, 0.29) is 11.9 Å². The Bertz CT molecular complexity index is 113. The van der Waals surface area contributed by atoms with Crippen LogP contribution in [0.3, 0.4) is 0 Å². The molecule has 1 fully saturated rings. The summed E-state index contributed by atoms with van der Waals surface area (Å²) in [6, 6.07) is 0.0556. The van der Waals surface area contributed by atoms with Crippen LogP contribution in [0.2, 0.25) is 0 Å². The van der Waals surface area contributed by atoms with E-state index in [4.69, 9.17) is 5.73 Å². The maximum absolute atomic E-state index is 10.3. The first-order chi connectivity index (χ1) is 3.75. The van der Waals surface area contributed by atoms with Gasteiger partial charge in [-0.05, 0) is 6.54 Å². The van der Waals surface area contributed by atoms with Crippen LogP contribution in [0.4, 0.5) is 0 Å². The summed E-state index contributed by atoms with van der Waals surface area (Å²) in [4.78, 5) is 12.3. The third-order valence-corrected chi connectivity index (χ3v) is 1.45. The largest absolute Gasteiger partial charge is 0.368 e. The molecule has 2 N–H and O–H groups in total. The van der Waals surface area contributed by atoms with E-state index in [1.54, 1.807) is 0 Å². The number of hydrogen-bond acceptors (Lipinski definition) is 2. The van der Waals surface area contributed by atoms with E-state index in [9.17, 15) is 4.79 Å². The second kappa shape index (κ2) is 1.74. The van der Waals surface area contributed by atoms with E-state index < -0.39 is 0 Å². The van der Waals surface area contributed by atoms with E-state index in [2.05, 4.69) is 0 Å². The number of amides is 1. The second-order valence-corrected chi connectivity index (χ2v) is 2.01. The summed E-state index contributed by atoms with van der Waals surface area (Å²) in [5.41, 5.74) is 4.98. The predicted octanol–water partition coefficient (Wildman–Crippen LogP) is -0.824. The molecular weight excluding hydrogens is 104 g/mol. The van der Waals surface area contributed by atoms with E-state index >= 15 is 0 Å². The van der Waals surface area contributed by atoms with Crippen molar-refractivity contribution in [3.05, 3.63) is 0 Å². The van der Waals surface area contributed by atoms with Gasteiger partial charge in [-0.1, -0.05) is 6.92 Å². The molecule has 46 valence electrons. The lowest BCUT2D eigenvalue weighted by Crippen LogP contribution is -2.21. The summed E-state index contributed by atoms with van der Waals surface area (Å²) in [6.07, 6.45) is 0. The summed E-state index contributed by atoms with van der Waals surface area (Å²) in [7, 11) is 0. The number of primary amides is 1. The topological polar surface area (TPSA) is 46.1 Å². The van der Waals surface area contributed by atoms with Crippen molar-refractivity contribution in [2.24, 2.45) is 5.73 Å². The van der Waals surface area contributed by atoms with Crippen LogP contribution >= 0.6 is 0 Å². The number of carbonyl (C=O) groups excluding carboxylic acids is 1. The van der Waals surface area contributed by atoms with E-state index in [1.165, 1.54) is 0 Å². The van der Waals surface area contributed by atoms with Crippen LogP contribution in [0, 0.1) is 0 Å². The molecule has 3 heteroatoms. The molecule has 0 saturated carbocycles. The van der Waals surface area contributed by atoms with Crippen molar-refractivity contribution in [3.63, 3.8) is 0 Å². The zero-order valence-electron chi connectivity index (χ0n) is 4.92.